The first-order chi connectivity index (χ1) is 14.8. The molecule has 0 radical (unpaired) electrons. The highest BCUT2D eigenvalue weighted by Crippen LogP contribution is 2.25. The van der Waals surface area contributed by atoms with E-state index in [0.717, 1.165) is 16.7 Å². The maximum absolute atomic E-state index is 12.6. The van der Waals surface area contributed by atoms with Gasteiger partial charge in [0.15, 0.2) is 6.61 Å². The van der Waals surface area contributed by atoms with Gasteiger partial charge >= 0.3 is 0 Å². The van der Waals surface area contributed by atoms with E-state index in [1.54, 1.807) is 36.4 Å². The highest BCUT2D eigenvalue weighted by atomic mass is 35.5. The number of hydrogen-bond donors (Lipinski definition) is 2. The molecule has 0 aliphatic rings. The Morgan fingerprint density at radius 2 is 1.65 bits per heavy atom. The molecule has 0 aliphatic carbocycles. The van der Waals surface area contributed by atoms with Crippen molar-refractivity contribution in [1.29, 1.82) is 0 Å². The summed E-state index contributed by atoms with van der Waals surface area (Å²) >= 11 is 6.16. The Hall–Kier alpha value is -3.31. The second-order valence-corrected chi connectivity index (χ2v) is 7.77. The lowest BCUT2D eigenvalue weighted by atomic mass is 10.1. The average Bonchev–Trinajstić information content (AvgIpc) is 2.76. The Bertz CT molecular complexity index is 1060. The summed E-state index contributed by atoms with van der Waals surface area (Å²) in [4.78, 5) is 24.9. The fourth-order valence-corrected chi connectivity index (χ4v) is 3.29. The third kappa shape index (κ3) is 6.09. The van der Waals surface area contributed by atoms with Crippen LogP contribution in [0.3, 0.4) is 0 Å². The van der Waals surface area contributed by atoms with Gasteiger partial charge in [0.2, 0.25) is 0 Å². The molecule has 3 rings (SSSR count). The number of hydrogen-bond acceptors (Lipinski definition) is 3. The van der Waals surface area contributed by atoms with Gasteiger partial charge < -0.3 is 15.4 Å². The van der Waals surface area contributed by atoms with Gasteiger partial charge in [-0.15, -0.1) is 0 Å². The van der Waals surface area contributed by atoms with Crippen LogP contribution in [0.4, 0.5) is 5.69 Å². The van der Waals surface area contributed by atoms with Crippen LogP contribution in [0.25, 0.3) is 0 Å². The van der Waals surface area contributed by atoms with Crippen molar-refractivity contribution >= 4 is 29.1 Å². The van der Waals surface area contributed by atoms with Crippen LogP contribution < -0.4 is 15.4 Å². The predicted molar refractivity (Wildman–Crippen MR) is 124 cm³/mol. The van der Waals surface area contributed by atoms with E-state index in [4.69, 9.17) is 16.3 Å². The van der Waals surface area contributed by atoms with E-state index < -0.39 is 0 Å². The molecule has 0 bridgehead atoms. The molecule has 2 N–H and O–H groups in total. The number of carbonyl (C=O) groups excluding carboxylic acids is 2. The van der Waals surface area contributed by atoms with Crippen LogP contribution in [-0.2, 0) is 4.79 Å². The molecule has 6 heteroatoms. The molecule has 2 amide bonds. The second kappa shape index (κ2) is 10.1. The zero-order chi connectivity index (χ0) is 22.4. The maximum Gasteiger partial charge on any atom is 0.262 e. The first-order valence-corrected chi connectivity index (χ1v) is 10.4. The summed E-state index contributed by atoms with van der Waals surface area (Å²) in [6.45, 7) is 5.55. The van der Waals surface area contributed by atoms with E-state index in [2.05, 4.69) is 10.6 Å². The Morgan fingerprint density at radius 3 is 2.32 bits per heavy atom. The normalized spacial score (nSPS) is 11.5. The van der Waals surface area contributed by atoms with Gasteiger partial charge in [0, 0.05) is 16.3 Å². The minimum absolute atomic E-state index is 0.133. The van der Waals surface area contributed by atoms with E-state index in [-0.39, 0.29) is 24.5 Å². The minimum Gasteiger partial charge on any atom is -0.484 e. The van der Waals surface area contributed by atoms with Crippen molar-refractivity contribution in [3.63, 3.8) is 0 Å². The molecule has 0 heterocycles. The Balaban J connectivity index is 1.58. The molecule has 3 aromatic rings. The SMILES string of the molecule is Cc1cc(OCC(=O)Nc2cccc(C(=O)NC(C)c3ccccc3)c2)cc(C)c1Cl. The number of aryl methyl sites for hydroxylation is 2. The number of amides is 2. The molecule has 0 fully saturated rings. The predicted octanol–water partition coefficient (Wildman–Crippen LogP) is 5.47. The van der Waals surface area contributed by atoms with Crippen LogP contribution in [0.2, 0.25) is 5.02 Å². The number of halogens is 1. The summed E-state index contributed by atoms with van der Waals surface area (Å²) in [5, 5.41) is 6.42. The van der Waals surface area contributed by atoms with Crippen molar-refractivity contribution in [1.82, 2.24) is 5.32 Å². The van der Waals surface area contributed by atoms with Crippen molar-refractivity contribution in [2.75, 3.05) is 11.9 Å². The van der Waals surface area contributed by atoms with Crippen molar-refractivity contribution in [2.45, 2.75) is 26.8 Å². The van der Waals surface area contributed by atoms with Gasteiger partial charge in [-0.05, 0) is 67.8 Å². The molecule has 3 aromatic carbocycles. The number of anilines is 1. The van der Waals surface area contributed by atoms with E-state index in [1.807, 2.05) is 51.1 Å². The fourth-order valence-electron chi connectivity index (χ4n) is 3.18. The van der Waals surface area contributed by atoms with Crippen molar-refractivity contribution in [3.05, 3.63) is 94.0 Å². The molecule has 0 spiro atoms. The van der Waals surface area contributed by atoms with E-state index in [9.17, 15) is 9.59 Å². The molecule has 0 saturated carbocycles. The van der Waals surface area contributed by atoms with Gasteiger partial charge in [-0.25, -0.2) is 0 Å². The van der Waals surface area contributed by atoms with E-state index >= 15 is 0 Å². The van der Waals surface area contributed by atoms with Crippen LogP contribution in [0.15, 0.2) is 66.7 Å². The smallest absolute Gasteiger partial charge is 0.262 e. The summed E-state index contributed by atoms with van der Waals surface area (Å²) in [6, 6.07) is 20.0. The molecule has 1 unspecified atom stereocenters. The lowest BCUT2D eigenvalue weighted by Crippen LogP contribution is -2.27. The number of rotatable bonds is 7. The van der Waals surface area contributed by atoms with Crippen molar-refractivity contribution in [2.24, 2.45) is 0 Å². The van der Waals surface area contributed by atoms with E-state index in [1.165, 1.54) is 0 Å². The van der Waals surface area contributed by atoms with Crippen LogP contribution in [0.1, 0.15) is 40.0 Å². The van der Waals surface area contributed by atoms with Gasteiger partial charge in [0.05, 0.1) is 6.04 Å². The van der Waals surface area contributed by atoms with Gasteiger partial charge in [-0.3, -0.25) is 9.59 Å². The maximum atomic E-state index is 12.6. The molecule has 0 saturated heterocycles. The third-order valence-electron chi connectivity index (χ3n) is 4.84. The van der Waals surface area contributed by atoms with Crippen LogP contribution >= 0.6 is 11.6 Å². The summed E-state index contributed by atoms with van der Waals surface area (Å²) in [5.74, 6) is 0.0499. The molecule has 160 valence electrons. The zero-order valence-corrected chi connectivity index (χ0v) is 18.5. The number of ether oxygens (including phenoxy) is 1. The minimum atomic E-state index is -0.319. The van der Waals surface area contributed by atoms with Gasteiger partial charge in [0.25, 0.3) is 11.8 Å². The largest absolute Gasteiger partial charge is 0.484 e. The highest BCUT2D eigenvalue weighted by molar-refractivity contribution is 6.32. The Morgan fingerprint density at radius 1 is 0.968 bits per heavy atom. The topological polar surface area (TPSA) is 67.4 Å². The fraction of sp³-hybridized carbons (Fsp3) is 0.200. The van der Waals surface area contributed by atoms with Gasteiger partial charge in [0.1, 0.15) is 5.75 Å². The van der Waals surface area contributed by atoms with Crippen molar-refractivity contribution in [3.8, 4) is 5.75 Å². The summed E-state index contributed by atoms with van der Waals surface area (Å²) < 4.78 is 5.59. The van der Waals surface area contributed by atoms with E-state index in [0.29, 0.717) is 22.0 Å². The Kier molecular flexibility index (Phi) is 7.32. The average molecular weight is 437 g/mol. The molecular weight excluding hydrogens is 412 g/mol. The van der Waals surface area contributed by atoms with Crippen LogP contribution in [0, 0.1) is 13.8 Å². The summed E-state index contributed by atoms with van der Waals surface area (Å²) in [5.41, 5.74) is 3.79. The first kappa shape index (κ1) is 22.4. The standard InChI is InChI=1S/C25H25ClN2O3/c1-16-12-22(13-17(2)24(16)26)31-15-23(29)28-21-11-7-10-20(14-21)25(30)27-18(3)19-8-5-4-6-9-19/h4-14,18H,15H2,1-3H3,(H,27,30)(H,28,29). The molecular formula is C25H25ClN2O3. The highest BCUT2D eigenvalue weighted by Gasteiger charge is 2.13. The van der Waals surface area contributed by atoms with Crippen molar-refractivity contribution < 1.29 is 14.3 Å². The molecule has 5 nitrogen and oxygen atoms in total. The Labute approximate surface area is 187 Å². The number of carbonyl (C=O) groups is 2. The zero-order valence-electron chi connectivity index (χ0n) is 17.7. The van der Waals surface area contributed by atoms with Gasteiger partial charge in [-0.1, -0.05) is 48.0 Å². The second-order valence-electron chi connectivity index (χ2n) is 7.39. The first-order valence-electron chi connectivity index (χ1n) is 9.99. The lowest BCUT2D eigenvalue weighted by molar-refractivity contribution is -0.118. The van der Waals surface area contributed by atoms with Crippen LogP contribution in [0.5, 0.6) is 5.75 Å². The summed E-state index contributed by atoms with van der Waals surface area (Å²) in [7, 11) is 0. The number of benzene rings is 3. The quantitative estimate of drug-likeness (QED) is 0.516. The lowest BCUT2D eigenvalue weighted by Gasteiger charge is -2.15. The van der Waals surface area contributed by atoms with Crippen LogP contribution in [-0.4, -0.2) is 18.4 Å². The molecule has 0 aliphatic heterocycles. The molecule has 0 aromatic heterocycles. The third-order valence-corrected chi connectivity index (χ3v) is 5.43. The number of nitrogens with one attached hydrogen (secondary N) is 2. The summed E-state index contributed by atoms with van der Waals surface area (Å²) in [6.07, 6.45) is 0. The monoisotopic (exact) mass is 436 g/mol. The molecule has 1 atom stereocenters. The van der Waals surface area contributed by atoms with Gasteiger partial charge in [-0.2, -0.15) is 0 Å². The molecule has 31 heavy (non-hydrogen) atoms.